The quantitative estimate of drug-likeness (QED) is 0.520. The van der Waals surface area contributed by atoms with Gasteiger partial charge in [0, 0.05) is 11.4 Å². The molecule has 0 bridgehead atoms. The fourth-order valence-corrected chi connectivity index (χ4v) is 1.20. The minimum absolute atomic E-state index is 0.230. The van der Waals surface area contributed by atoms with Crippen molar-refractivity contribution < 1.29 is 9.59 Å². The zero-order chi connectivity index (χ0) is 12.3. The van der Waals surface area contributed by atoms with Crippen LogP contribution in [0.3, 0.4) is 0 Å². The van der Waals surface area contributed by atoms with Crippen molar-refractivity contribution in [2.75, 3.05) is 11.1 Å². The van der Waals surface area contributed by atoms with Crippen molar-refractivity contribution in [3.05, 3.63) is 23.8 Å². The van der Waals surface area contributed by atoms with E-state index in [4.69, 9.17) is 17.2 Å². The molecule has 6 nitrogen and oxygen atoms in total. The van der Waals surface area contributed by atoms with Crippen molar-refractivity contribution in [3.8, 4) is 0 Å². The second-order valence-corrected chi connectivity index (χ2v) is 3.44. The third-order valence-corrected chi connectivity index (χ3v) is 2.11. The van der Waals surface area contributed by atoms with Crippen LogP contribution in [-0.2, 0) is 4.79 Å². The molecule has 2 amide bonds. The SMILES string of the molecule is CC(Nc1ccc(N)cc1C(N)=O)C(N)=O. The first kappa shape index (κ1) is 11.8. The van der Waals surface area contributed by atoms with Gasteiger partial charge in [-0.1, -0.05) is 0 Å². The summed E-state index contributed by atoms with van der Waals surface area (Å²) in [5, 5.41) is 2.79. The number of carbonyl (C=O) groups excluding carboxylic acids is 2. The summed E-state index contributed by atoms with van der Waals surface area (Å²) in [6, 6.07) is 4.03. The topological polar surface area (TPSA) is 124 Å². The second kappa shape index (κ2) is 4.52. The van der Waals surface area contributed by atoms with Crippen LogP contribution in [0.4, 0.5) is 11.4 Å². The standard InChI is InChI=1S/C10H14N4O2/c1-5(9(12)15)14-8-3-2-6(11)4-7(8)10(13)16/h2-5,14H,11H2,1H3,(H2,12,15)(H2,13,16). The molecule has 0 saturated heterocycles. The van der Waals surface area contributed by atoms with Gasteiger partial charge in [0.25, 0.3) is 5.91 Å². The predicted octanol–water partition coefficient (Wildman–Crippen LogP) is -0.347. The van der Waals surface area contributed by atoms with Gasteiger partial charge < -0.3 is 22.5 Å². The lowest BCUT2D eigenvalue weighted by atomic mass is 10.1. The van der Waals surface area contributed by atoms with Gasteiger partial charge in [-0.05, 0) is 25.1 Å². The molecule has 6 heteroatoms. The zero-order valence-electron chi connectivity index (χ0n) is 8.86. The van der Waals surface area contributed by atoms with E-state index in [9.17, 15) is 9.59 Å². The highest BCUT2D eigenvalue weighted by molar-refractivity contribution is 6.00. The molecule has 0 radical (unpaired) electrons. The summed E-state index contributed by atoms with van der Waals surface area (Å²) in [5.74, 6) is -1.14. The first-order chi connectivity index (χ1) is 7.41. The molecule has 0 aliphatic heterocycles. The van der Waals surface area contributed by atoms with E-state index < -0.39 is 17.9 Å². The number of anilines is 2. The van der Waals surface area contributed by atoms with Gasteiger partial charge in [0.15, 0.2) is 0 Å². The Labute approximate surface area is 92.8 Å². The third-order valence-electron chi connectivity index (χ3n) is 2.11. The Hall–Kier alpha value is -2.24. The maximum absolute atomic E-state index is 11.1. The van der Waals surface area contributed by atoms with Gasteiger partial charge in [0.05, 0.1) is 5.56 Å². The van der Waals surface area contributed by atoms with Crippen LogP contribution in [0.2, 0.25) is 0 Å². The van der Waals surface area contributed by atoms with Crippen molar-refractivity contribution in [2.45, 2.75) is 13.0 Å². The molecule has 0 aromatic heterocycles. The monoisotopic (exact) mass is 222 g/mol. The molecule has 1 aromatic rings. The summed E-state index contributed by atoms with van der Waals surface area (Å²) in [5.41, 5.74) is 16.9. The van der Waals surface area contributed by atoms with E-state index in [-0.39, 0.29) is 5.56 Å². The van der Waals surface area contributed by atoms with Crippen LogP contribution in [-0.4, -0.2) is 17.9 Å². The number of nitrogen functional groups attached to an aromatic ring is 1. The zero-order valence-corrected chi connectivity index (χ0v) is 8.86. The fourth-order valence-electron chi connectivity index (χ4n) is 1.20. The lowest BCUT2D eigenvalue weighted by molar-refractivity contribution is -0.118. The van der Waals surface area contributed by atoms with Crippen LogP contribution in [0.25, 0.3) is 0 Å². The van der Waals surface area contributed by atoms with E-state index >= 15 is 0 Å². The van der Waals surface area contributed by atoms with E-state index in [0.29, 0.717) is 11.4 Å². The van der Waals surface area contributed by atoms with Crippen LogP contribution in [0.15, 0.2) is 18.2 Å². The highest BCUT2D eigenvalue weighted by atomic mass is 16.1. The molecule has 0 fully saturated rings. The average molecular weight is 222 g/mol. The molecule has 0 aliphatic rings. The number of hydrogen-bond acceptors (Lipinski definition) is 4. The molecule has 0 aliphatic carbocycles. The molecular formula is C10H14N4O2. The number of rotatable bonds is 4. The van der Waals surface area contributed by atoms with Crippen molar-refractivity contribution in [2.24, 2.45) is 11.5 Å². The molecule has 7 N–H and O–H groups in total. The second-order valence-electron chi connectivity index (χ2n) is 3.44. The van der Waals surface area contributed by atoms with E-state index in [1.165, 1.54) is 6.07 Å². The van der Waals surface area contributed by atoms with Crippen LogP contribution >= 0.6 is 0 Å². The minimum atomic E-state index is -0.619. The van der Waals surface area contributed by atoms with E-state index in [2.05, 4.69) is 5.32 Å². The lowest BCUT2D eigenvalue weighted by Gasteiger charge is -2.14. The Kier molecular flexibility index (Phi) is 3.34. The van der Waals surface area contributed by atoms with E-state index in [1.807, 2.05) is 0 Å². The molecule has 0 heterocycles. The first-order valence-electron chi connectivity index (χ1n) is 4.67. The smallest absolute Gasteiger partial charge is 0.250 e. The number of carbonyl (C=O) groups is 2. The van der Waals surface area contributed by atoms with Gasteiger partial charge in [0.2, 0.25) is 5.91 Å². The van der Waals surface area contributed by atoms with Gasteiger partial charge >= 0.3 is 0 Å². The predicted molar refractivity (Wildman–Crippen MR) is 61.7 cm³/mol. The van der Waals surface area contributed by atoms with Crippen LogP contribution in [0, 0.1) is 0 Å². The highest BCUT2D eigenvalue weighted by Crippen LogP contribution is 2.19. The first-order valence-corrected chi connectivity index (χ1v) is 4.67. The van der Waals surface area contributed by atoms with Gasteiger partial charge in [-0.25, -0.2) is 0 Å². The average Bonchev–Trinajstić information content (AvgIpc) is 2.20. The minimum Gasteiger partial charge on any atom is -0.399 e. The van der Waals surface area contributed by atoms with E-state index in [0.717, 1.165) is 0 Å². The van der Waals surface area contributed by atoms with Crippen molar-refractivity contribution in [1.82, 2.24) is 0 Å². The summed E-state index contributed by atoms with van der Waals surface area (Å²) >= 11 is 0. The molecule has 86 valence electrons. The number of primary amides is 2. The summed E-state index contributed by atoms with van der Waals surface area (Å²) in [4.78, 5) is 22.0. The highest BCUT2D eigenvalue weighted by Gasteiger charge is 2.13. The Morgan fingerprint density at radius 2 is 1.94 bits per heavy atom. The maximum Gasteiger partial charge on any atom is 0.250 e. The van der Waals surface area contributed by atoms with Crippen molar-refractivity contribution in [3.63, 3.8) is 0 Å². The fraction of sp³-hybridized carbons (Fsp3) is 0.200. The van der Waals surface area contributed by atoms with Gasteiger partial charge in [-0.15, -0.1) is 0 Å². The maximum atomic E-state index is 11.1. The summed E-state index contributed by atoms with van der Waals surface area (Å²) < 4.78 is 0. The molecule has 1 atom stereocenters. The Morgan fingerprint density at radius 3 is 2.44 bits per heavy atom. The third kappa shape index (κ3) is 2.63. The molecule has 16 heavy (non-hydrogen) atoms. The largest absolute Gasteiger partial charge is 0.399 e. The molecule has 0 spiro atoms. The van der Waals surface area contributed by atoms with Gasteiger partial charge in [-0.2, -0.15) is 0 Å². The number of amides is 2. The number of nitrogens with one attached hydrogen (secondary N) is 1. The molecule has 0 saturated carbocycles. The molecule has 1 unspecified atom stereocenters. The number of hydrogen-bond donors (Lipinski definition) is 4. The Bertz CT molecular complexity index is 431. The Morgan fingerprint density at radius 1 is 1.31 bits per heavy atom. The lowest BCUT2D eigenvalue weighted by Crippen LogP contribution is -2.33. The summed E-state index contributed by atoms with van der Waals surface area (Å²) in [7, 11) is 0. The van der Waals surface area contributed by atoms with Crippen molar-refractivity contribution >= 4 is 23.2 Å². The number of nitrogens with two attached hydrogens (primary N) is 3. The van der Waals surface area contributed by atoms with E-state index in [1.54, 1.807) is 19.1 Å². The molecule has 1 aromatic carbocycles. The normalized spacial score (nSPS) is 11.8. The van der Waals surface area contributed by atoms with Crippen LogP contribution in [0.1, 0.15) is 17.3 Å². The molecular weight excluding hydrogens is 208 g/mol. The Balaban J connectivity index is 3.04. The van der Waals surface area contributed by atoms with Crippen molar-refractivity contribution in [1.29, 1.82) is 0 Å². The molecule has 1 rings (SSSR count). The van der Waals surface area contributed by atoms with Gasteiger partial charge in [0.1, 0.15) is 6.04 Å². The van der Waals surface area contributed by atoms with Gasteiger partial charge in [-0.3, -0.25) is 9.59 Å². The van der Waals surface area contributed by atoms with Crippen LogP contribution in [0.5, 0.6) is 0 Å². The number of benzene rings is 1. The summed E-state index contributed by atoms with van der Waals surface area (Å²) in [6.45, 7) is 1.59. The summed E-state index contributed by atoms with van der Waals surface area (Å²) in [6.07, 6.45) is 0. The van der Waals surface area contributed by atoms with Crippen LogP contribution < -0.4 is 22.5 Å².